The standard InChI is InChI=1S/C12H18ClN3O/c1-16(2)12(17)10-5-4-9(13)8-11(10)15-7-3-6-14/h4-5,8,15H,3,6-7,14H2,1-2H3. The number of nitrogens with two attached hydrogens (primary N) is 1. The Morgan fingerprint density at radius 1 is 1.47 bits per heavy atom. The average molecular weight is 256 g/mol. The molecule has 1 rings (SSSR count). The summed E-state index contributed by atoms with van der Waals surface area (Å²) in [7, 11) is 3.45. The topological polar surface area (TPSA) is 58.4 Å². The van der Waals surface area contributed by atoms with E-state index in [9.17, 15) is 4.79 Å². The first kappa shape index (κ1) is 13.8. The van der Waals surface area contributed by atoms with Gasteiger partial charge in [0.1, 0.15) is 0 Å². The number of anilines is 1. The summed E-state index contributed by atoms with van der Waals surface area (Å²) in [6.07, 6.45) is 0.849. The van der Waals surface area contributed by atoms with Crippen LogP contribution >= 0.6 is 11.6 Å². The summed E-state index contributed by atoms with van der Waals surface area (Å²) in [6, 6.07) is 5.21. The number of nitrogens with one attached hydrogen (secondary N) is 1. The van der Waals surface area contributed by atoms with Crippen LogP contribution in [0.3, 0.4) is 0 Å². The lowest BCUT2D eigenvalue weighted by Gasteiger charge is -2.15. The monoisotopic (exact) mass is 255 g/mol. The zero-order valence-corrected chi connectivity index (χ0v) is 10.9. The molecule has 0 radical (unpaired) electrons. The Kier molecular flexibility index (Phi) is 5.25. The molecule has 1 aromatic carbocycles. The minimum Gasteiger partial charge on any atom is -0.384 e. The Hall–Kier alpha value is -1.26. The summed E-state index contributed by atoms with van der Waals surface area (Å²) in [5.74, 6) is -0.0445. The Morgan fingerprint density at radius 2 is 2.18 bits per heavy atom. The molecule has 1 amide bonds. The first-order chi connectivity index (χ1) is 8.06. The maximum absolute atomic E-state index is 11.9. The fraction of sp³-hybridized carbons (Fsp3) is 0.417. The van der Waals surface area contributed by atoms with E-state index in [4.69, 9.17) is 17.3 Å². The van der Waals surface area contributed by atoms with Gasteiger partial charge >= 0.3 is 0 Å². The van der Waals surface area contributed by atoms with Gasteiger partial charge in [0, 0.05) is 31.4 Å². The molecule has 1 aromatic rings. The van der Waals surface area contributed by atoms with Gasteiger partial charge in [0.2, 0.25) is 0 Å². The first-order valence-corrected chi connectivity index (χ1v) is 5.89. The van der Waals surface area contributed by atoms with E-state index < -0.39 is 0 Å². The highest BCUT2D eigenvalue weighted by molar-refractivity contribution is 6.31. The lowest BCUT2D eigenvalue weighted by Crippen LogP contribution is -2.23. The average Bonchev–Trinajstić information content (AvgIpc) is 2.28. The second-order valence-corrected chi connectivity index (χ2v) is 4.39. The third-order valence-electron chi connectivity index (χ3n) is 2.31. The molecule has 0 saturated heterocycles. The molecular formula is C12H18ClN3O. The number of nitrogens with zero attached hydrogens (tertiary/aromatic N) is 1. The van der Waals surface area contributed by atoms with Crippen LogP contribution in [0.25, 0.3) is 0 Å². The Balaban J connectivity index is 2.91. The zero-order valence-electron chi connectivity index (χ0n) is 10.2. The highest BCUT2D eigenvalue weighted by Crippen LogP contribution is 2.22. The third-order valence-corrected chi connectivity index (χ3v) is 2.55. The molecule has 0 heterocycles. The van der Waals surface area contributed by atoms with Gasteiger partial charge in [-0.3, -0.25) is 4.79 Å². The molecular weight excluding hydrogens is 238 g/mol. The van der Waals surface area contributed by atoms with Gasteiger partial charge in [0.25, 0.3) is 5.91 Å². The summed E-state index contributed by atoms with van der Waals surface area (Å²) in [4.78, 5) is 13.5. The predicted molar refractivity (Wildman–Crippen MR) is 71.6 cm³/mol. The van der Waals surface area contributed by atoms with E-state index in [0.717, 1.165) is 18.7 Å². The van der Waals surface area contributed by atoms with Gasteiger partial charge in [0.15, 0.2) is 0 Å². The molecule has 4 nitrogen and oxygen atoms in total. The van der Waals surface area contributed by atoms with Crippen molar-refractivity contribution in [3.05, 3.63) is 28.8 Å². The SMILES string of the molecule is CN(C)C(=O)c1ccc(Cl)cc1NCCCN. The van der Waals surface area contributed by atoms with Crippen LogP contribution in [0, 0.1) is 0 Å². The van der Waals surface area contributed by atoms with E-state index in [-0.39, 0.29) is 5.91 Å². The largest absolute Gasteiger partial charge is 0.384 e. The van der Waals surface area contributed by atoms with Crippen molar-refractivity contribution in [2.75, 3.05) is 32.5 Å². The highest BCUT2D eigenvalue weighted by Gasteiger charge is 2.13. The quantitative estimate of drug-likeness (QED) is 0.789. The van der Waals surface area contributed by atoms with Crippen molar-refractivity contribution in [3.63, 3.8) is 0 Å². The summed E-state index contributed by atoms with van der Waals surface area (Å²) < 4.78 is 0. The smallest absolute Gasteiger partial charge is 0.255 e. The van der Waals surface area contributed by atoms with Gasteiger partial charge in [-0.25, -0.2) is 0 Å². The van der Waals surface area contributed by atoms with Crippen LogP contribution in [0.2, 0.25) is 5.02 Å². The molecule has 3 N–H and O–H groups in total. The Morgan fingerprint density at radius 3 is 2.76 bits per heavy atom. The number of benzene rings is 1. The second-order valence-electron chi connectivity index (χ2n) is 3.96. The fourth-order valence-corrected chi connectivity index (χ4v) is 1.59. The number of carbonyl (C=O) groups is 1. The Bertz CT molecular complexity index is 393. The van der Waals surface area contributed by atoms with Crippen LogP contribution < -0.4 is 11.1 Å². The molecule has 0 aliphatic heterocycles. The van der Waals surface area contributed by atoms with Gasteiger partial charge < -0.3 is 16.0 Å². The van der Waals surface area contributed by atoms with Crippen molar-refractivity contribution in [1.82, 2.24) is 4.90 Å². The molecule has 0 unspecified atom stereocenters. The minimum absolute atomic E-state index is 0.0445. The lowest BCUT2D eigenvalue weighted by molar-refractivity contribution is 0.0828. The molecule has 0 bridgehead atoms. The van der Waals surface area contributed by atoms with Crippen LogP contribution in [0.1, 0.15) is 16.8 Å². The minimum atomic E-state index is -0.0445. The van der Waals surface area contributed by atoms with Gasteiger partial charge in [-0.15, -0.1) is 0 Å². The molecule has 0 aliphatic rings. The van der Waals surface area contributed by atoms with Crippen molar-refractivity contribution in [2.24, 2.45) is 5.73 Å². The maximum atomic E-state index is 11.9. The van der Waals surface area contributed by atoms with Crippen molar-refractivity contribution in [3.8, 4) is 0 Å². The molecule has 0 spiro atoms. The number of halogens is 1. The van der Waals surface area contributed by atoms with Gasteiger partial charge in [-0.05, 0) is 31.2 Å². The van der Waals surface area contributed by atoms with Gasteiger partial charge in [0.05, 0.1) is 5.56 Å². The van der Waals surface area contributed by atoms with E-state index in [1.807, 2.05) is 0 Å². The number of rotatable bonds is 5. The summed E-state index contributed by atoms with van der Waals surface area (Å²) in [5, 5.41) is 3.79. The molecule has 0 aromatic heterocycles. The molecule has 0 atom stereocenters. The molecule has 5 heteroatoms. The van der Waals surface area contributed by atoms with Crippen molar-refractivity contribution in [1.29, 1.82) is 0 Å². The van der Waals surface area contributed by atoms with E-state index >= 15 is 0 Å². The van der Waals surface area contributed by atoms with Crippen LogP contribution in [0.15, 0.2) is 18.2 Å². The molecule has 94 valence electrons. The van der Waals surface area contributed by atoms with Gasteiger partial charge in [-0.2, -0.15) is 0 Å². The van der Waals surface area contributed by atoms with Crippen molar-refractivity contribution < 1.29 is 4.79 Å². The molecule has 0 aliphatic carbocycles. The number of hydrogen-bond acceptors (Lipinski definition) is 3. The number of amides is 1. The van der Waals surface area contributed by atoms with E-state index in [0.29, 0.717) is 17.1 Å². The van der Waals surface area contributed by atoms with Crippen LogP contribution in [0.4, 0.5) is 5.69 Å². The van der Waals surface area contributed by atoms with Crippen LogP contribution in [-0.2, 0) is 0 Å². The summed E-state index contributed by atoms with van der Waals surface area (Å²) in [5.41, 5.74) is 6.80. The number of carbonyl (C=O) groups excluding carboxylic acids is 1. The van der Waals surface area contributed by atoms with Crippen molar-refractivity contribution in [2.45, 2.75) is 6.42 Å². The molecule has 0 saturated carbocycles. The van der Waals surface area contributed by atoms with E-state index in [1.165, 1.54) is 4.90 Å². The number of hydrogen-bond donors (Lipinski definition) is 2. The van der Waals surface area contributed by atoms with E-state index in [2.05, 4.69) is 5.32 Å². The van der Waals surface area contributed by atoms with E-state index in [1.54, 1.807) is 32.3 Å². The predicted octanol–water partition coefficient (Wildman–Crippen LogP) is 1.80. The lowest BCUT2D eigenvalue weighted by atomic mass is 10.1. The van der Waals surface area contributed by atoms with Crippen molar-refractivity contribution >= 4 is 23.2 Å². The van der Waals surface area contributed by atoms with Gasteiger partial charge in [-0.1, -0.05) is 11.6 Å². The highest BCUT2D eigenvalue weighted by atomic mass is 35.5. The maximum Gasteiger partial charge on any atom is 0.255 e. The first-order valence-electron chi connectivity index (χ1n) is 5.51. The molecule has 0 fully saturated rings. The zero-order chi connectivity index (χ0) is 12.8. The summed E-state index contributed by atoms with van der Waals surface area (Å²) >= 11 is 5.92. The normalized spacial score (nSPS) is 10.1. The second kappa shape index (κ2) is 6.47. The van der Waals surface area contributed by atoms with Crippen LogP contribution in [0.5, 0.6) is 0 Å². The Labute approximate surface area is 107 Å². The van der Waals surface area contributed by atoms with Crippen LogP contribution in [-0.4, -0.2) is 38.0 Å². The summed E-state index contributed by atoms with van der Waals surface area (Å²) in [6.45, 7) is 1.34. The molecule has 17 heavy (non-hydrogen) atoms. The fourth-order valence-electron chi connectivity index (χ4n) is 1.42. The third kappa shape index (κ3) is 3.91.